The van der Waals surface area contributed by atoms with Gasteiger partial charge in [0.2, 0.25) is 0 Å². The molecule has 0 saturated carbocycles. The molecule has 0 aliphatic carbocycles. The molecule has 0 unspecified atom stereocenters. The molecule has 106 valence electrons. The first-order chi connectivity index (χ1) is 10.1. The molecular weight excluding hydrogens is 264 g/mol. The van der Waals surface area contributed by atoms with Crippen molar-refractivity contribution in [2.75, 3.05) is 7.05 Å². The van der Waals surface area contributed by atoms with Crippen molar-refractivity contribution in [3.8, 4) is 6.07 Å². The van der Waals surface area contributed by atoms with E-state index in [2.05, 4.69) is 11.0 Å². The number of carboxylic acid groups (broad SMARTS) is 1. The molecule has 0 aliphatic rings. The fraction of sp³-hybridized carbons (Fsp3) is 0.176. The normalized spacial score (nSPS) is 10.3. The SMILES string of the molecule is CN(Cc1ccc(C#N)cc1)Cc1ccc(C(=O)O)cc1. The molecule has 0 atom stereocenters. The molecule has 1 N–H and O–H groups in total. The average molecular weight is 280 g/mol. The monoisotopic (exact) mass is 280 g/mol. The number of benzene rings is 2. The Hall–Kier alpha value is -2.64. The van der Waals surface area contributed by atoms with Crippen LogP contribution in [0.5, 0.6) is 0 Å². The van der Waals surface area contributed by atoms with Crippen molar-refractivity contribution in [3.63, 3.8) is 0 Å². The fourth-order valence-corrected chi connectivity index (χ4v) is 2.12. The summed E-state index contributed by atoms with van der Waals surface area (Å²) >= 11 is 0. The third kappa shape index (κ3) is 4.16. The van der Waals surface area contributed by atoms with Crippen LogP contribution in [0.3, 0.4) is 0 Å². The van der Waals surface area contributed by atoms with E-state index in [9.17, 15) is 4.79 Å². The summed E-state index contributed by atoms with van der Waals surface area (Å²) < 4.78 is 0. The molecule has 0 spiro atoms. The second kappa shape index (κ2) is 6.69. The first kappa shape index (κ1) is 14.8. The Morgan fingerprint density at radius 1 is 1.05 bits per heavy atom. The average Bonchev–Trinajstić information content (AvgIpc) is 2.48. The summed E-state index contributed by atoms with van der Waals surface area (Å²) in [5, 5.41) is 17.6. The molecule has 21 heavy (non-hydrogen) atoms. The molecule has 2 aromatic rings. The number of nitriles is 1. The van der Waals surface area contributed by atoms with Crippen LogP contribution in [0.2, 0.25) is 0 Å². The van der Waals surface area contributed by atoms with E-state index in [1.807, 2.05) is 43.4 Å². The summed E-state index contributed by atoms with van der Waals surface area (Å²) in [5.74, 6) is -0.910. The van der Waals surface area contributed by atoms with E-state index in [1.165, 1.54) is 0 Å². The number of carbonyl (C=O) groups is 1. The number of aromatic carboxylic acids is 1. The Labute approximate surface area is 123 Å². The molecule has 0 aliphatic heterocycles. The molecular formula is C17H16N2O2. The highest BCUT2D eigenvalue weighted by Gasteiger charge is 2.05. The summed E-state index contributed by atoms with van der Waals surface area (Å²) in [5.41, 5.74) is 3.16. The van der Waals surface area contributed by atoms with E-state index in [0.29, 0.717) is 11.1 Å². The Balaban J connectivity index is 1.95. The van der Waals surface area contributed by atoms with Gasteiger partial charge in [0.1, 0.15) is 0 Å². The first-order valence-electron chi connectivity index (χ1n) is 6.58. The summed E-state index contributed by atoms with van der Waals surface area (Å²) in [4.78, 5) is 12.9. The topological polar surface area (TPSA) is 64.3 Å². The van der Waals surface area contributed by atoms with Crippen LogP contribution in [0, 0.1) is 11.3 Å². The predicted octanol–water partition coefficient (Wildman–Crippen LogP) is 2.89. The molecule has 4 heteroatoms. The van der Waals surface area contributed by atoms with Crippen molar-refractivity contribution in [1.82, 2.24) is 4.90 Å². The second-order valence-electron chi connectivity index (χ2n) is 4.98. The molecule has 0 aromatic heterocycles. The lowest BCUT2D eigenvalue weighted by Crippen LogP contribution is -2.17. The van der Waals surface area contributed by atoms with E-state index in [0.717, 1.165) is 24.2 Å². The van der Waals surface area contributed by atoms with E-state index >= 15 is 0 Å². The molecule has 0 fully saturated rings. The van der Waals surface area contributed by atoms with E-state index < -0.39 is 5.97 Å². The standard InChI is InChI=1S/C17H16N2O2/c1-19(11-14-4-2-13(10-18)3-5-14)12-15-6-8-16(9-7-15)17(20)21/h2-9H,11-12H2,1H3,(H,20,21). The maximum Gasteiger partial charge on any atom is 0.335 e. The quantitative estimate of drug-likeness (QED) is 0.914. The van der Waals surface area contributed by atoms with Gasteiger partial charge in [0.25, 0.3) is 0 Å². The van der Waals surface area contributed by atoms with Crippen molar-refractivity contribution in [3.05, 3.63) is 70.8 Å². The number of hydrogen-bond donors (Lipinski definition) is 1. The van der Waals surface area contributed by atoms with Gasteiger partial charge in [0, 0.05) is 13.1 Å². The minimum absolute atomic E-state index is 0.300. The van der Waals surface area contributed by atoms with Crippen LogP contribution < -0.4 is 0 Å². The Morgan fingerprint density at radius 2 is 1.52 bits per heavy atom. The van der Waals surface area contributed by atoms with Gasteiger partial charge >= 0.3 is 5.97 Å². The fourth-order valence-electron chi connectivity index (χ4n) is 2.12. The predicted molar refractivity (Wildman–Crippen MR) is 79.7 cm³/mol. The van der Waals surface area contributed by atoms with Crippen LogP contribution in [-0.4, -0.2) is 23.0 Å². The smallest absolute Gasteiger partial charge is 0.335 e. The number of carboxylic acids is 1. The minimum atomic E-state index is -0.910. The van der Waals surface area contributed by atoms with Gasteiger partial charge in [-0.1, -0.05) is 24.3 Å². The number of hydrogen-bond acceptors (Lipinski definition) is 3. The van der Waals surface area contributed by atoms with Crippen molar-refractivity contribution in [2.24, 2.45) is 0 Å². The van der Waals surface area contributed by atoms with Crippen LogP contribution in [0.15, 0.2) is 48.5 Å². The Kier molecular flexibility index (Phi) is 4.70. The van der Waals surface area contributed by atoms with Gasteiger partial charge in [0.05, 0.1) is 17.2 Å². The van der Waals surface area contributed by atoms with E-state index in [-0.39, 0.29) is 0 Å². The highest BCUT2D eigenvalue weighted by molar-refractivity contribution is 5.87. The molecule has 0 amide bonds. The molecule has 0 bridgehead atoms. The van der Waals surface area contributed by atoms with Crippen LogP contribution in [0.4, 0.5) is 0 Å². The van der Waals surface area contributed by atoms with Gasteiger partial charge in [-0.3, -0.25) is 4.90 Å². The van der Waals surface area contributed by atoms with Crippen LogP contribution >= 0.6 is 0 Å². The molecule has 0 heterocycles. The van der Waals surface area contributed by atoms with Crippen LogP contribution in [-0.2, 0) is 13.1 Å². The minimum Gasteiger partial charge on any atom is -0.478 e. The summed E-state index contributed by atoms with van der Waals surface area (Å²) in [6.07, 6.45) is 0. The largest absolute Gasteiger partial charge is 0.478 e. The summed E-state index contributed by atoms with van der Waals surface area (Å²) in [6, 6.07) is 16.5. The van der Waals surface area contributed by atoms with Gasteiger partial charge in [-0.25, -0.2) is 4.79 Å². The summed E-state index contributed by atoms with van der Waals surface area (Å²) in [6.45, 7) is 1.51. The van der Waals surface area contributed by atoms with Crippen molar-refractivity contribution >= 4 is 5.97 Å². The van der Waals surface area contributed by atoms with Gasteiger partial charge in [0.15, 0.2) is 0 Å². The first-order valence-corrected chi connectivity index (χ1v) is 6.58. The highest BCUT2D eigenvalue weighted by atomic mass is 16.4. The van der Waals surface area contributed by atoms with Gasteiger partial charge in [-0.2, -0.15) is 5.26 Å². The lowest BCUT2D eigenvalue weighted by Gasteiger charge is -2.17. The third-order valence-corrected chi connectivity index (χ3v) is 3.19. The van der Waals surface area contributed by atoms with Gasteiger partial charge in [-0.15, -0.1) is 0 Å². The lowest BCUT2D eigenvalue weighted by atomic mass is 10.1. The zero-order valence-electron chi connectivity index (χ0n) is 11.8. The number of nitrogens with zero attached hydrogens (tertiary/aromatic N) is 2. The Bertz CT molecular complexity index is 655. The summed E-state index contributed by atoms with van der Waals surface area (Å²) in [7, 11) is 2.00. The maximum absolute atomic E-state index is 10.8. The van der Waals surface area contributed by atoms with Crippen LogP contribution in [0.25, 0.3) is 0 Å². The lowest BCUT2D eigenvalue weighted by molar-refractivity contribution is 0.0697. The van der Waals surface area contributed by atoms with Crippen molar-refractivity contribution in [2.45, 2.75) is 13.1 Å². The Morgan fingerprint density at radius 3 is 1.95 bits per heavy atom. The molecule has 0 radical (unpaired) electrons. The zero-order valence-corrected chi connectivity index (χ0v) is 11.8. The van der Waals surface area contributed by atoms with Crippen LogP contribution in [0.1, 0.15) is 27.0 Å². The molecule has 2 aromatic carbocycles. The van der Waals surface area contributed by atoms with Crippen molar-refractivity contribution in [1.29, 1.82) is 5.26 Å². The van der Waals surface area contributed by atoms with Crippen molar-refractivity contribution < 1.29 is 9.90 Å². The van der Waals surface area contributed by atoms with Gasteiger partial charge in [-0.05, 0) is 42.4 Å². The van der Waals surface area contributed by atoms with E-state index in [4.69, 9.17) is 10.4 Å². The van der Waals surface area contributed by atoms with Gasteiger partial charge < -0.3 is 5.11 Å². The zero-order chi connectivity index (χ0) is 15.2. The molecule has 2 rings (SSSR count). The molecule has 0 saturated heterocycles. The second-order valence-corrected chi connectivity index (χ2v) is 4.98. The molecule has 4 nitrogen and oxygen atoms in total. The third-order valence-electron chi connectivity index (χ3n) is 3.19. The maximum atomic E-state index is 10.8. The number of rotatable bonds is 5. The van der Waals surface area contributed by atoms with E-state index in [1.54, 1.807) is 12.1 Å². The highest BCUT2D eigenvalue weighted by Crippen LogP contribution is 2.10.